The molecule has 2 N–H and O–H groups in total. The van der Waals surface area contributed by atoms with Gasteiger partial charge in [-0.05, 0) is 50.6 Å². The average molecular weight is 418 g/mol. The molecule has 3 heterocycles. The van der Waals surface area contributed by atoms with Crippen LogP contribution in [0.25, 0.3) is 0 Å². The van der Waals surface area contributed by atoms with Gasteiger partial charge in [0, 0.05) is 44.4 Å². The van der Waals surface area contributed by atoms with E-state index in [1.807, 2.05) is 26.2 Å². The van der Waals surface area contributed by atoms with Gasteiger partial charge >= 0.3 is 0 Å². The lowest BCUT2D eigenvalue weighted by atomic mass is 9.84. The maximum atomic E-state index is 12.5. The molecule has 0 spiro atoms. The van der Waals surface area contributed by atoms with Crippen LogP contribution in [0.5, 0.6) is 5.75 Å². The van der Waals surface area contributed by atoms with Gasteiger partial charge in [0.2, 0.25) is 5.91 Å². The highest BCUT2D eigenvalue weighted by molar-refractivity contribution is 5.76. The van der Waals surface area contributed by atoms with E-state index >= 15 is 0 Å². The molecule has 0 aliphatic carbocycles. The minimum Gasteiger partial charge on any atom is -0.487 e. The number of fused-ring (bicyclic) bond motifs is 3. The first-order chi connectivity index (χ1) is 14.5. The number of benzene rings is 1. The van der Waals surface area contributed by atoms with Crippen LogP contribution in [0.4, 0.5) is 5.69 Å². The topological polar surface area (TPSA) is 74.3 Å². The Bertz CT molecular complexity index is 735. The van der Waals surface area contributed by atoms with Gasteiger partial charge in [0.25, 0.3) is 0 Å². The van der Waals surface area contributed by atoms with Crippen LogP contribution >= 0.6 is 0 Å². The molecule has 3 aliphatic rings. The summed E-state index contributed by atoms with van der Waals surface area (Å²) < 4.78 is 12.2. The summed E-state index contributed by atoms with van der Waals surface area (Å²) in [4.78, 5) is 17.0. The molecule has 3 aliphatic heterocycles. The summed E-state index contributed by atoms with van der Waals surface area (Å²) in [7, 11) is 4.04. The zero-order chi connectivity index (χ0) is 21.1. The minimum atomic E-state index is -0.412. The Morgan fingerprint density at radius 1 is 1.27 bits per heavy atom. The molecule has 7 heteroatoms. The maximum Gasteiger partial charge on any atom is 0.222 e. The maximum absolute atomic E-state index is 12.5. The summed E-state index contributed by atoms with van der Waals surface area (Å²) in [6.07, 6.45) is 4.07. The lowest BCUT2D eigenvalue weighted by molar-refractivity contribution is -0.142. The third kappa shape index (κ3) is 4.74. The number of hydrogen-bond acceptors (Lipinski definition) is 6. The van der Waals surface area contributed by atoms with Crippen LogP contribution in [0.2, 0.25) is 0 Å². The van der Waals surface area contributed by atoms with Crippen molar-refractivity contribution >= 4 is 11.6 Å². The molecular formula is C23H35N3O4. The molecule has 166 valence electrons. The van der Waals surface area contributed by atoms with Crippen molar-refractivity contribution in [3.8, 4) is 5.75 Å². The largest absolute Gasteiger partial charge is 0.487 e. The number of piperidine rings is 1. The van der Waals surface area contributed by atoms with Gasteiger partial charge < -0.3 is 29.7 Å². The standard InChI is InChI=1S/C23H35N3O4/c1-25(2)16-6-7-20-18(12-16)19-13-17(29-21(15-27)23(19)30-20)14-22(28)24-8-11-26-9-4-3-5-10-26/h6-7,12,17,19,21,23,27H,3-5,8-11,13-15H2,1-2H3,(H,24,28)/t17-,19+,21+,23-/m1/s1. The van der Waals surface area contributed by atoms with Gasteiger partial charge in [0.1, 0.15) is 18.0 Å². The van der Waals surface area contributed by atoms with Gasteiger partial charge in [0.15, 0.2) is 0 Å². The molecule has 4 rings (SSSR count). The molecule has 30 heavy (non-hydrogen) atoms. The average Bonchev–Trinajstić information content (AvgIpc) is 3.11. The third-order valence-corrected chi connectivity index (χ3v) is 6.61. The monoisotopic (exact) mass is 417 g/mol. The fraction of sp³-hybridized carbons (Fsp3) is 0.696. The summed E-state index contributed by atoms with van der Waals surface area (Å²) in [5.74, 6) is 1.02. The number of nitrogens with zero attached hydrogens (tertiary/aromatic N) is 2. The van der Waals surface area contributed by atoms with E-state index in [0.717, 1.165) is 43.1 Å². The second kappa shape index (κ2) is 9.54. The van der Waals surface area contributed by atoms with Gasteiger partial charge in [-0.15, -0.1) is 0 Å². The molecule has 1 amide bonds. The van der Waals surface area contributed by atoms with Crippen LogP contribution in [0.15, 0.2) is 18.2 Å². The number of aliphatic hydroxyl groups excluding tert-OH is 1. The molecule has 2 fully saturated rings. The summed E-state index contributed by atoms with van der Waals surface area (Å²) >= 11 is 0. The predicted molar refractivity (Wildman–Crippen MR) is 116 cm³/mol. The number of amides is 1. The van der Waals surface area contributed by atoms with Crippen molar-refractivity contribution in [1.82, 2.24) is 10.2 Å². The molecule has 7 nitrogen and oxygen atoms in total. The number of anilines is 1. The highest BCUT2D eigenvalue weighted by Gasteiger charge is 2.46. The quantitative estimate of drug-likeness (QED) is 0.704. The molecule has 2 saturated heterocycles. The van der Waals surface area contributed by atoms with Gasteiger partial charge in [-0.1, -0.05) is 6.42 Å². The van der Waals surface area contributed by atoms with Crippen LogP contribution in [-0.4, -0.2) is 81.1 Å². The zero-order valence-electron chi connectivity index (χ0n) is 18.2. The van der Waals surface area contributed by atoms with Gasteiger partial charge in [-0.3, -0.25) is 4.79 Å². The van der Waals surface area contributed by atoms with E-state index < -0.39 is 6.10 Å². The van der Waals surface area contributed by atoms with Crippen molar-refractivity contribution in [1.29, 1.82) is 0 Å². The molecule has 1 aromatic carbocycles. The van der Waals surface area contributed by atoms with Crippen molar-refractivity contribution in [2.45, 2.75) is 56.3 Å². The number of ether oxygens (including phenoxy) is 2. The summed E-state index contributed by atoms with van der Waals surface area (Å²) in [5.41, 5.74) is 2.28. The predicted octanol–water partition coefficient (Wildman–Crippen LogP) is 1.74. The number of likely N-dealkylation sites (tertiary alicyclic amines) is 1. The lowest BCUT2D eigenvalue weighted by Gasteiger charge is -2.37. The van der Waals surface area contributed by atoms with E-state index in [9.17, 15) is 9.90 Å². The van der Waals surface area contributed by atoms with Crippen molar-refractivity contribution in [3.63, 3.8) is 0 Å². The van der Waals surface area contributed by atoms with Crippen LogP contribution in [-0.2, 0) is 9.53 Å². The lowest BCUT2D eigenvalue weighted by Crippen LogP contribution is -2.47. The number of aliphatic hydroxyl groups is 1. The molecule has 0 unspecified atom stereocenters. The third-order valence-electron chi connectivity index (χ3n) is 6.61. The highest BCUT2D eigenvalue weighted by atomic mass is 16.6. The van der Waals surface area contributed by atoms with Crippen LogP contribution in [0.3, 0.4) is 0 Å². The second-order valence-corrected chi connectivity index (χ2v) is 8.98. The van der Waals surface area contributed by atoms with E-state index in [1.165, 1.54) is 19.3 Å². The van der Waals surface area contributed by atoms with E-state index in [1.54, 1.807) is 0 Å². The van der Waals surface area contributed by atoms with E-state index in [2.05, 4.69) is 21.2 Å². The Hall–Kier alpha value is -1.83. The number of hydrogen-bond donors (Lipinski definition) is 2. The second-order valence-electron chi connectivity index (χ2n) is 8.98. The molecule has 0 bridgehead atoms. The van der Waals surface area contributed by atoms with E-state index in [4.69, 9.17) is 9.47 Å². The van der Waals surface area contributed by atoms with E-state index in [0.29, 0.717) is 13.0 Å². The SMILES string of the molecule is CN(C)c1ccc2c(c1)[C@@H]1C[C@H](CC(=O)NCCN3CCCCC3)O[C@@H](CO)[C@@H]1O2. The van der Waals surface area contributed by atoms with Crippen molar-refractivity contribution < 1.29 is 19.4 Å². The van der Waals surface area contributed by atoms with Crippen LogP contribution in [0.1, 0.15) is 43.6 Å². The Balaban J connectivity index is 1.35. The Labute approximate surface area is 179 Å². The van der Waals surface area contributed by atoms with Crippen LogP contribution in [0, 0.1) is 0 Å². The summed E-state index contributed by atoms with van der Waals surface area (Å²) in [6, 6.07) is 6.20. The normalized spacial score (nSPS) is 28.4. The molecule has 4 atom stereocenters. The first-order valence-electron chi connectivity index (χ1n) is 11.3. The molecular weight excluding hydrogens is 382 g/mol. The Kier molecular flexibility index (Phi) is 6.80. The number of rotatable bonds is 7. The number of carbonyl (C=O) groups excluding carboxylic acids is 1. The van der Waals surface area contributed by atoms with Crippen LogP contribution < -0.4 is 15.0 Å². The first kappa shape index (κ1) is 21.4. The smallest absolute Gasteiger partial charge is 0.222 e. The van der Waals surface area contributed by atoms with Gasteiger partial charge in [-0.25, -0.2) is 0 Å². The molecule has 0 aromatic heterocycles. The molecule has 0 radical (unpaired) electrons. The minimum absolute atomic E-state index is 0.0216. The van der Waals surface area contributed by atoms with Crippen molar-refractivity contribution in [3.05, 3.63) is 23.8 Å². The Morgan fingerprint density at radius 3 is 2.80 bits per heavy atom. The summed E-state index contributed by atoms with van der Waals surface area (Å²) in [5, 5.41) is 12.9. The summed E-state index contributed by atoms with van der Waals surface area (Å²) in [6.45, 7) is 3.76. The fourth-order valence-electron chi connectivity index (χ4n) is 4.97. The number of carbonyl (C=O) groups is 1. The van der Waals surface area contributed by atoms with Crippen molar-refractivity contribution in [2.75, 3.05) is 51.8 Å². The van der Waals surface area contributed by atoms with Gasteiger partial charge in [0.05, 0.1) is 19.1 Å². The number of nitrogens with one attached hydrogen (secondary N) is 1. The zero-order valence-corrected chi connectivity index (χ0v) is 18.2. The highest BCUT2D eigenvalue weighted by Crippen LogP contribution is 2.47. The van der Waals surface area contributed by atoms with E-state index in [-0.39, 0.29) is 30.6 Å². The molecule has 0 saturated carbocycles. The Morgan fingerprint density at radius 2 is 2.07 bits per heavy atom. The van der Waals surface area contributed by atoms with Gasteiger partial charge in [-0.2, -0.15) is 0 Å². The van der Waals surface area contributed by atoms with Crippen molar-refractivity contribution in [2.24, 2.45) is 0 Å². The fourth-order valence-corrected chi connectivity index (χ4v) is 4.97. The molecule has 1 aromatic rings. The first-order valence-corrected chi connectivity index (χ1v) is 11.3.